The Kier molecular flexibility index (Phi) is 4.91. The molecule has 1 aromatic carbocycles. The molecule has 0 radical (unpaired) electrons. The monoisotopic (exact) mass is 363 g/mol. The summed E-state index contributed by atoms with van der Waals surface area (Å²) in [6.07, 6.45) is 3.41. The van der Waals surface area contributed by atoms with Crippen LogP contribution in [0.5, 0.6) is 0 Å². The second-order valence-corrected chi connectivity index (χ2v) is 6.51. The summed E-state index contributed by atoms with van der Waals surface area (Å²) in [4.78, 5) is 16.0. The first-order chi connectivity index (χ1) is 11.2. The molecule has 0 aliphatic rings. The van der Waals surface area contributed by atoms with Gasteiger partial charge in [-0.3, -0.25) is 4.98 Å². The highest BCUT2D eigenvalue weighted by Crippen LogP contribution is 2.39. The molecule has 0 spiro atoms. The lowest BCUT2D eigenvalue weighted by Crippen LogP contribution is -1.98. The number of nitrogens with zero attached hydrogens (tertiary/aromatic N) is 2. The molecule has 1 atom stereocenters. The summed E-state index contributed by atoms with van der Waals surface area (Å²) in [5.74, 6) is 0. The minimum Gasteiger partial charge on any atom is -0.354 e. The Balaban J connectivity index is 1.90. The molecular weight excluding hydrogens is 353 g/mol. The highest BCUT2D eigenvalue weighted by Gasteiger charge is 2.22. The van der Waals surface area contributed by atoms with Crippen LogP contribution >= 0.6 is 34.5 Å². The maximum Gasteiger partial charge on any atom is 0.154 e. The van der Waals surface area contributed by atoms with E-state index in [1.807, 2.05) is 23.6 Å². The number of anilines is 2. The first-order valence-electron chi connectivity index (χ1n) is 6.71. The Hall–Kier alpha value is -1.95. The molecule has 3 aromatic rings. The smallest absolute Gasteiger partial charge is 0.154 e. The van der Waals surface area contributed by atoms with Crippen molar-refractivity contribution < 1.29 is 0 Å². The van der Waals surface area contributed by atoms with Gasteiger partial charge in [-0.1, -0.05) is 34.4 Å². The van der Waals surface area contributed by atoms with Gasteiger partial charge < -0.3 is 5.32 Å². The molecule has 4 nitrogen and oxygen atoms in total. The number of benzene rings is 1. The molecule has 0 bridgehead atoms. The first kappa shape index (κ1) is 15.9. The van der Waals surface area contributed by atoms with Crippen molar-refractivity contribution in [3.63, 3.8) is 0 Å². The van der Waals surface area contributed by atoms with Crippen LogP contribution in [0.25, 0.3) is 0 Å². The molecule has 0 saturated heterocycles. The lowest BCUT2D eigenvalue weighted by atomic mass is 10.1. The maximum absolute atomic E-state index is 11.3. The average Bonchev–Trinajstić information content (AvgIpc) is 2.97. The van der Waals surface area contributed by atoms with E-state index in [0.717, 1.165) is 11.4 Å². The van der Waals surface area contributed by atoms with Crippen molar-refractivity contribution >= 4 is 45.9 Å². The molecule has 2 heterocycles. The summed E-state index contributed by atoms with van der Waals surface area (Å²) in [6, 6.07) is 10.1. The fourth-order valence-electron chi connectivity index (χ4n) is 2.18. The van der Waals surface area contributed by atoms with Gasteiger partial charge in [0.1, 0.15) is 0 Å². The molecule has 0 fully saturated rings. The second-order valence-electron chi connectivity index (χ2n) is 4.74. The number of hydrogen-bond donors (Lipinski definition) is 1. The van der Waals surface area contributed by atoms with Gasteiger partial charge in [0.15, 0.2) is 6.04 Å². The molecule has 0 aliphatic carbocycles. The van der Waals surface area contributed by atoms with Crippen molar-refractivity contribution in [2.75, 3.05) is 5.32 Å². The van der Waals surface area contributed by atoms with E-state index in [0.29, 0.717) is 20.5 Å². The average molecular weight is 364 g/mol. The molecule has 7 heteroatoms. The minimum absolute atomic E-state index is 0.452. The number of nitrogens with one attached hydrogen (secondary N) is 1. The normalized spacial score (nSPS) is 11.9. The first-order valence-corrected chi connectivity index (χ1v) is 8.34. The van der Waals surface area contributed by atoms with Gasteiger partial charge in [-0.25, -0.2) is 0 Å². The number of halogens is 2. The number of aromatic nitrogens is 1. The number of nitroso groups, excluding NO2 is 1. The highest BCUT2D eigenvalue weighted by atomic mass is 35.5. The maximum atomic E-state index is 11.3. The molecule has 2 aromatic heterocycles. The third kappa shape index (κ3) is 3.52. The lowest BCUT2D eigenvalue weighted by Gasteiger charge is -2.13. The van der Waals surface area contributed by atoms with E-state index in [1.54, 1.807) is 30.6 Å². The summed E-state index contributed by atoms with van der Waals surface area (Å²) >= 11 is 13.8. The van der Waals surface area contributed by atoms with E-state index in [2.05, 4.69) is 15.5 Å². The van der Waals surface area contributed by atoms with E-state index in [9.17, 15) is 4.91 Å². The fraction of sp³-hybridized carbons (Fsp3) is 0.0625. The molecule has 1 unspecified atom stereocenters. The van der Waals surface area contributed by atoms with Gasteiger partial charge in [-0.05, 0) is 35.7 Å². The van der Waals surface area contributed by atoms with Gasteiger partial charge in [-0.15, -0.1) is 16.2 Å². The molecule has 0 amide bonds. The van der Waals surface area contributed by atoms with Crippen LogP contribution in [0.2, 0.25) is 10.0 Å². The fourth-order valence-corrected chi connectivity index (χ4v) is 3.67. The molecule has 116 valence electrons. The number of rotatable bonds is 5. The van der Waals surface area contributed by atoms with Crippen LogP contribution < -0.4 is 5.32 Å². The van der Waals surface area contributed by atoms with Crippen molar-refractivity contribution in [3.05, 3.63) is 79.6 Å². The molecular formula is C16H11Cl2N3OS. The Morgan fingerprint density at radius 3 is 2.61 bits per heavy atom. The van der Waals surface area contributed by atoms with Crippen LogP contribution in [0.3, 0.4) is 0 Å². The minimum atomic E-state index is -0.706. The van der Waals surface area contributed by atoms with Crippen molar-refractivity contribution in [2.24, 2.45) is 5.18 Å². The van der Waals surface area contributed by atoms with Gasteiger partial charge in [0.2, 0.25) is 0 Å². The predicted molar refractivity (Wildman–Crippen MR) is 95.9 cm³/mol. The van der Waals surface area contributed by atoms with Crippen molar-refractivity contribution in [3.8, 4) is 0 Å². The van der Waals surface area contributed by atoms with E-state index < -0.39 is 6.04 Å². The molecule has 1 N–H and O–H groups in total. The topological polar surface area (TPSA) is 54.4 Å². The summed E-state index contributed by atoms with van der Waals surface area (Å²) in [7, 11) is 0. The zero-order chi connectivity index (χ0) is 16.2. The summed E-state index contributed by atoms with van der Waals surface area (Å²) < 4.78 is 0. The van der Waals surface area contributed by atoms with Crippen molar-refractivity contribution in [1.29, 1.82) is 0 Å². The predicted octanol–water partition coefficient (Wildman–Crippen LogP) is 6.05. The van der Waals surface area contributed by atoms with Crippen molar-refractivity contribution in [1.82, 2.24) is 4.98 Å². The van der Waals surface area contributed by atoms with Crippen LogP contribution in [0.4, 0.5) is 11.4 Å². The second kappa shape index (κ2) is 7.08. The summed E-state index contributed by atoms with van der Waals surface area (Å²) in [6.45, 7) is 0. The Bertz CT molecular complexity index is 823. The van der Waals surface area contributed by atoms with Crippen LogP contribution in [0, 0.1) is 4.91 Å². The number of pyridine rings is 1. The third-order valence-electron chi connectivity index (χ3n) is 3.24. The van der Waals surface area contributed by atoms with E-state index in [-0.39, 0.29) is 0 Å². The van der Waals surface area contributed by atoms with Gasteiger partial charge >= 0.3 is 0 Å². The molecule has 0 saturated carbocycles. The van der Waals surface area contributed by atoms with Crippen molar-refractivity contribution in [2.45, 2.75) is 6.04 Å². The zero-order valence-electron chi connectivity index (χ0n) is 11.7. The van der Waals surface area contributed by atoms with Gasteiger partial charge in [0.05, 0.1) is 21.8 Å². The largest absolute Gasteiger partial charge is 0.354 e. The lowest BCUT2D eigenvalue weighted by molar-refractivity contribution is 0.885. The van der Waals surface area contributed by atoms with Crippen LogP contribution in [-0.4, -0.2) is 4.98 Å². The number of hydrogen-bond acceptors (Lipinski definition) is 5. The van der Waals surface area contributed by atoms with Gasteiger partial charge in [0.25, 0.3) is 0 Å². The Morgan fingerprint density at radius 2 is 2.00 bits per heavy atom. The third-order valence-corrected chi connectivity index (χ3v) is 4.98. The summed E-state index contributed by atoms with van der Waals surface area (Å²) in [5.41, 5.74) is 2.28. The molecule has 3 rings (SSSR count). The Labute approximate surface area is 147 Å². The molecule has 0 aliphatic heterocycles. The van der Waals surface area contributed by atoms with E-state index >= 15 is 0 Å². The van der Waals surface area contributed by atoms with Crippen LogP contribution in [0.15, 0.2) is 59.3 Å². The quantitative estimate of drug-likeness (QED) is 0.561. The Morgan fingerprint density at radius 1 is 1.13 bits per heavy atom. The van der Waals surface area contributed by atoms with Gasteiger partial charge in [-0.2, -0.15) is 0 Å². The van der Waals surface area contributed by atoms with Crippen LogP contribution in [-0.2, 0) is 0 Å². The van der Waals surface area contributed by atoms with E-state index in [1.165, 1.54) is 11.3 Å². The highest BCUT2D eigenvalue weighted by molar-refractivity contribution is 7.10. The standard InChI is InChI=1S/C16H11Cl2N3OS/c17-13-5-7-23-16(13)15(21-22)12-4-3-10(8-14(12)18)20-11-2-1-6-19-9-11/h1-9,15,20H. The number of thiophene rings is 1. The SMILES string of the molecule is O=NC(c1ccc(Nc2cccnc2)cc1Cl)c1sccc1Cl. The van der Waals surface area contributed by atoms with Crippen LogP contribution in [0.1, 0.15) is 16.5 Å². The molecule has 23 heavy (non-hydrogen) atoms. The van der Waals surface area contributed by atoms with E-state index in [4.69, 9.17) is 23.2 Å². The van der Waals surface area contributed by atoms with Gasteiger partial charge in [0, 0.05) is 22.5 Å². The summed E-state index contributed by atoms with van der Waals surface area (Å²) in [5, 5.41) is 9.19. The zero-order valence-corrected chi connectivity index (χ0v) is 14.1.